The molecule has 1 aromatic heterocycles. The number of hydrogen-bond donors (Lipinski definition) is 1. The van der Waals surface area contributed by atoms with Gasteiger partial charge in [-0.25, -0.2) is 4.98 Å². The maximum Gasteiger partial charge on any atom is 0.266 e. The third kappa shape index (κ3) is 2.23. The molecule has 3 rings (SSSR count). The Morgan fingerprint density at radius 3 is 2.48 bits per heavy atom. The summed E-state index contributed by atoms with van der Waals surface area (Å²) in [5, 5.41) is 0.644. The van der Waals surface area contributed by atoms with Crippen LogP contribution in [0.2, 0.25) is 0 Å². The third-order valence-electron chi connectivity index (χ3n) is 3.55. The van der Waals surface area contributed by atoms with Crippen molar-refractivity contribution in [2.24, 2.45) is 5.73 Å². The van der Waals surface area contributed by atoms with Crippen LogP contribution in [-0.2, 0) is 0 Å². The number of aromatic nitrogens is 2. The van der Waals surface area contributed by atoms with E-state index in [4.69, 9.17) is 5.73 Å². The molecule has 4 heteroatoms. The van der Waals surface area contributed by atoms with Gasteiger partial charge in [0, 0.05) is 0 Å². The molecule has 2 N–H and O–H groups in total. The molecule has 0 amide bonds. The van der Waals surface area contributed by atoms with Gasteiger partial charge < -0.3 is 5.73 Å². The molecule has 0 bridgehead atoms. The summed E-state index contributed by atoms with van der Waals surface area (Å²) in [4.78, 5) is 17.6. The summed E-state index contributed by atoms with van der Waals surface area (Å²) in [7, 11) is 0. The summed E-state index contributed by atoms with van der Waals surface area (Å²) in [5.74, 6) is 0.573. The first kappa shape index (κ1) is 13.5. The highest BCUT2D eigenvalue weighted by molar-refractivity contribution is 5.81. The van der Waals surface area contributed by atoms with Gasteiger partial charge in [0.05, 0.1) is 22.6 Å². The van der Waals surface area contributed by atoms with Gasteiger partial charge in [-0.15, -0.1) is 0 Å². The summed E-state index contributed by atoms with van der Waals surface area (Å²) in [5.41, 5.74) is 8.36. The predicted octanol–water partition coefficient (Wildman–Crippen LogP) is 2.71. The van der Waals surface area contributed by atoms with Crippen LogP contribution in [0.15, 0.2) is 53.3 Å². The molecule has 21 heavy (non-hydrogen) atoms. The van der Waals surface area contributed by atoms with Gasteiger partial charge in [0.25, 0.3) is 5.56 Å². The minimum absolute atomic E-state index is 0.0726. The maximum atomic E-state index is 12.9. The monoisotopic (exact) mass is 279 g/mol. The molecule has 1 atom stereocenters. The summed E-state index contributed by atoms with van der Waals surface area (Å²) in [6.45, 7) is 3.76. The van der Waals surface area contributed by atoms with Crippen LogP contribution in [0.5, 0.6) is 0 Å². The van der Waals surface area contributed by atoms with Crippen molar-refractivity contribution in [3.8, 4) is 5.69 Å². The third-order valence-corrected chi connectivity index (χ3v) is 3.55. The number of hydrogen-bond acceptors (Lipinski definition) is 3. The van der Waals surface area contributed by atoms with Crippen molar-refractivity contribution in [2.45, 2.75) is 19.9 Å². The SMILES string of the molecule is Cc1cccc2nc([C@H](C)N)n(-c3ccccc3)c(=O)c12. The van der Waals surface area contributed by atoms with E-state index < -0.39 is 0 Å². The standard InChI is InChI=1S/C17H17N3O/c1-11-7-6-10-14-15(11)17(21)20(16(19-14)12(2)18)13-8-4-3-5-9-13/h3-10,12H,18H2,1-2H3/t12-/m0/s1. The van der Waals surface area contributed by atoms with Crippen molar-refractivity contribution in [3.63, 3.8) is 0 Å². The molecule has 0 saturated heterocycles. The average molecular weight is 279 g/mol. The molecule has 0 saturated carbocycles. The lowest BCUT2D eigenvalue weighted by molar-refractivity contribution is 0.696. The highest BCUT2D eigenvalue weighted by Gasteiger charge is 2.16. The van der Waals surface area contributed by atoms with Crippen LogP contribution >= 0.6 is 0 Å². The molecule has 3 aromatic rings. The lowest BCUT2D eigenvalue weighted by Crippen LogP contribution is -2.27. The van der Waals surface area contributed by atoms with Crippen molar-refractivity contribution in [2.75, 3.05) is 0 Å². The molecule has 0 fully saturated rings. The van der Waals surface area contributed by atoms with Gasteiger partial charge in [-0.3, -0.25) is 9.36 Å². The highest BCUT2D eigenvalue weighted by atomic mass is 16.1. The molecule has 0 spiro atoms. The minimum Gasteiger partial charge on any atom is -0.322 e. The fourth-order valence-corrected chi connectivity index (χ4v) is 2.54. The molecule has 2 aromatic carbocycles. The van der Waals surface area contributed by atoms with E-state index >= 15 is 0 Å². The lowest BCUT2D eigenvalue weighted by atomic mass is 10.1. The quantitative estimate of drug-likeness (QED) is 0.784. The first-order chi connectivity index (χ1) is 10.1. The van der Waals surface area contributed by atoms with Gasteiger partial charge >= 0.3 is 0 Å². The van der Waals surface area contributed by atoms with Crippen LogP contribution in [-0.4, -0.2) is 9.55 Å². The first-order valence-corrected chi connectivity index (χ1v) is 6.93. The normalized spacial score (nSPS) is 12.5. The van der Waals surface area contributed by atoms with E-state index in [0.717, 1.165) is 11.3 Å². The summed E-state index contributed by atoms with van der Waals surface area (Å²) in [6.07, 6.45) is 0. The Hall–Kier alpha value is -2.46. The zero-order chi connectivity index (χ0) is 15.0. The van der Waals surface area contributed by atoms with Crippen LogP contribution in [0.25, 0.3) is 16.6 Å². The van der Waals surface area contributed by atoms with Crippen LogP contribution in [0.1, 0.15) is 24.4 Å². The zero-order valence-electron chi connectivity index (χ0n) is 12.1. The number of nitrogens with two attached hydrogens (primary N) is 1. The van der Waals surface area contributed by atoms with Crippen molar-refractivity contribution in [1.29, 1.82) is 0 Å². The fourth-order valence-electron chi connectivity index (χ4n) is 2.54. The first-order valence-electron chi connectivity index (χ1n) is 6.93. The van der Waals surface area contributed by atoms with Crippen LogP contribution in [0.3, 0.4) is 0 Å². The molecule has 0 aliphatic rings. The summed E-state index contributed by atoms with van der Waals surface area (Å²) < 4.78 is 1.61. The van der Waals surface area contributed by atoms with Crippen molar-refractivity contribution in [1.82, 2.24) is 9.55 Å². The van der Waals surface area contributed by atoms with E-state index in [0.29, 0.717) is 16.7 Å². The van der Waals surface area contributed by atoms with Crippen LogP contribution in [0.4, 0.5) is 0 Å². The molecule has 0 radical (unpaired) electrons. The number of benzene rings is 2. The molecule has 0 unspecified atom stereocenters. The van der Waals surface area contributed by atoms with Gasteiger partial charge in [0.2, 0.25) is 0 Å². The molecule has 106 valence electrons. The molecule has 1 heterocycles. The topological polar surface area (TPSA) is 60.9 Å². The van der Waals surface area contributed by atoms with Crippen LogP contribution in [0, 0.1) is 6.92 Å². The van der Waals surface area contributed by atoms with E-state index in [2.05, 4.69) is 4.98 Å². The molecule has 0 aliphatic carbocycles. The number of nitrogens with zero attached hydrogens (tertiary/aromatic N) is 2. The largest absolute Gasteiger partial charge is 0.322 e. The van der Waals surface area contributed by atoms with Crippen molar-refractivity contribution < 1.29 is 0 Å². The fraction of sp³-hybridized carbons (Fsp3) is 0.176. The second-order valence-electron chi connectivity index (χ2n) is 5.20. The smallest absolute Gasteiger partial charge is 0.266 e. The Morgan fingerprint density at radius 2 is 1.81 bits per heavy atom. The maximum absolute atomic E-state index is 12.9. The Balaban J connectivity index is 2.47. The van der Waals surface area contributed by atoms with E-state index in [1.54, 1.807) is 4.57 Å². The summed E-state index contributed by atoms with van der Waals surface area (Å²) in [6, 6.07) is 14.8. The van der Waals surface area contributed by atoms with Gasteiger partial charge in [-0.2, -0.15) is 0 Å². The second-order valence-corrected chi connectivity index (χ2v) is 5.20. The van der Waals surface area contributed by atoms with E-state index in [1.807, 2.05) is 62.4 Å². The van der Waals surface area contributed by atoms with Crippen molar-refractivity contribution in [3.05, 3.63) is 70.3 Å². The predicted molar refractivity (Wildman–Crippen MR) is 84.7 cm³/mol. The van der Waals surface area contributed by atoms with E-state index in [1.165, 1.54) is 0 Å². The number of aryl methyl sites for hydroxylation is 1. The molecular weight excluding hydrogens is 262 g/mol. The number of para-hydroxylation sites is 1. The van der Waals surface area contributed by atoms with Gasteiger partial charge in [0.15, 0.2) is 0 Å². The second kappa shape index (κ2) is 5.14. The Morgan fingerprint density at radius 1 is 1.10 bits per heavy atom. The Bertz CT molecular complexity index is 851. The van der Waals surface area contributed by atoms with Gasteiger partial charge in [0.1, 0.15) is 5.82 Å². The van der Waals surface area contributed by atoms with Gasteiger partial charge in [-0.1, -0.05) is 30.3 Å². The highest BCUT2D eigenvalue weighted by Crippen LogP contribution is 2.18. The Kier molecular flexibility index (Phi) is 3.31. The molecule has 0 aliphatic heterocycles. The van der Waals surface area contributed by atoms with Gasteiger partial charge in [-0.05, 0) is 37.6 Å². The summed E-state index contributed by atoms with van der Waals surface area (Å²) >= 11 is 0. The lowest BCUT2D eigenvalue weighted by Gasteiger charge is -2.16. The number of rotatable bonds is 2. The van der Waals surface area contributed by atoms with Crippen LogP contribution < -0.4 is 11.3 Å². The van der Waals surface area contributed by atoms with E-state index in [9.17, 15) is 4.79 Å². The molecule has 4 nitrogen and oxygen atoms in total. The number of fused-ring (bicyclic) bond motifs is 1. The minimum atomic E-state index is -0.331. The average Bonchev–Trinajstić information content (AvgIpc) is 2.47. The molecular formula is C17H17N3O. The van der Waals surface area contributed by atoms with E-state index in [-0.39, 0.29) is 11.6 Å². The zero-order valence-corrected chi connectivity index (χ0v) is 12.1. The van der Waals surface area contributed by atoms with Crippen molar-refractivity contribution >= 4 is 10.9 Å². The Labute approximate surface area is 122 Å².